The zero-order valence-corrected chi connectivity index (χ0v) is 26.9. The molecule has 1 aliphatic rings. The first-order chi connectivity index (χ1) is 21.7. The molecule has 47 heavy (non-hydrogen) atoms. The predicted octanol–water partition coefficient (Wildman–Crippen LogP) is -1.92. The van der Waals surface area contributed by atoms with Gasteiger partial charge >= 0.3 is 35.5 Å². The van der Waals surface area contributed by atoms with Crippen molar-refractivity contribution in [3.8, 4) is 0 Å². The normalized spacial score (nSPS) is 23.0. The molecular weight excluding hydrogens is 725 g/mol. The number of nitrogens with one attached hydrogen (secondary N) is 3. The van der Waals surface area contributed by atoms with Crippen LogP contribution in [-0.2, 0) is 45.9 Å². The van der Waals surface area contributed by atoms with E-state index in [0.717, 1.165) is 6.33 Å². The second-order valence-electron chi connectivity index (χ2n) is 9.35. The van der Waals surface area contributed by atoms with E-state index in [4.69, 9.17) is 48.1 Å². The number of aliphatic hydroxyl groups excluding tert-OH is 1. The van der Waals surface area contributed by atoms with Gasteiger partial charge < -0.3 is 66.3 Å². The number of hydrogen-bond donors (Lipinski definition) is 11. The molecule has 264 valence electrons. The van der Waals surface area contributed by atoms with Crippen LogP contribution in [0.3, 0.4) is 0 Å². The Balaban J connectivity index is 1.72. The fraction of sp³-hybridized carbons (Fsp3) is 0.556. The minimum absolute atomic E-state index is 0.0438. The van der Waals surface area contributed by atoms with Gasteiger partial charge in [0.05, 0.1) is 19.0 Å². The van der Waals surface area contributed by atoms with Crippen molar-refractivity contribution in [2.24, 2.45) is 5.73 Å². The Morgan fingerprint density at radius 3 is 2.43 bits per heavy atom. The summed E-state index contributed by atoms with van der Waals surface area (Å²) in [5, 5.41) is 24.3. The Morgan fingerprint density at radius 1 is 1.13 bits per heavy atom. The van der Waals surface area contributed by atoms with Gasteiger partial charge in [0.15, 0.2) is 22.9 Å². The summed E-state index contributed by atoms with van der Waals surface area (Å²) in [5.41, 5.74) is 11.5. The molecule has 0 spiro atoms. The standard InChI is InChI=1S/C18H29N8O17P3S/c19-7(1-2-9(27)28)14(30)21-3-4-22-18(31)41-12-11(29)8(5-39-45(35,36)43-46(37,38)42-44(32,33)34)40-16(12)26-6-23-10-13(26)24-17(20)25-15(10)47/h6-8,11-12,16,29H,1-5,19H2,(H,21,30)(H,22,31)(H,27,28)(H,35,36)(H,37,38)(H2,32,33,34)(H3,20,24,25,47)/t7?,8-,11-,12-,16-/m1/s1. The third-order valence-electron chi connectivity index (χ3n) is 5.81. The van der Waals surface area contributed by atoms with Gasteiger partial charge in [-0.25, -0.2) is 28.5 Å². The van der Waals surface area contributed by atoms with Crippen molar-refractivity contribution in [2.75, 3.05) is 25.4 Å². The number of aliphatic hydroxyl groups is 1. The number of fused-ring (bicyclic) bond motifs is 1. The average Bonchev–Trinajstić information content (AvgIpc) is 3.47. The smallest absolute Gasteiger partial charge is 0.481 e. The zero-order valence-electron chi connectivity index (χ0n) is 23.4. The van der Waals surface area contributed by atoms with Gasteiger partial charge in [-0.05, 0) is 6.42 Å². The summed E-state index contributed by atoms with van der Waals surface area (Å²) in [6.45, 7) is -1.51. The van der Waals surface area contributed by atoms with Crippen molar-refractivity contribution in [1.82, 2.24) is 30.2 Å². The lowest BCUT2D eigenvalue weighted by Crippen LogP contribution is -2.45. The van der Waals surface area contributed by atoms with E-state index >= 15 is 0 Å². The second-order valence-corrected chi connectivity index (χ2v) is 14.2. The zero-order chi connectivity index (χ0) is 35.3. The maximum atomic E-state index is 12.6. The topological polar surface area (TPSA) is 393 Å². The maximum absolute atomic E-state index is 12.6. The maximum Gasteiger partial charge on any atom is 0.490 e. The SMILES string of the molecule is Nc1nc(=S)c2ncn([C@@H]3O[C@H](COP(=O)(O)OP(=O)(O)OP(=O)(O)O)[C@@H](O)[C@H]3OC(=O)NCCNC(=O)C(N)CCC(=O)O)c2[nH]1. The Hall–Kier alpha value is -2.93. The molecule has 0 aromatic carbocycles. The number of carbonyl (C=O) groups excluding carboxylic acids is 2. The molecule has 2 aromatic heterocycles. The highest BCUT2D eigenvalue weighted by molar-refractivity contribution is 7.71. The van der Waals surface area contributed by atoms with E-state index in [1.807, 2.05) is 0 Å². The Morgan fingerprint density at radius 2 is 1.79 bits per heavy atom. The number of ether oxygens (including phenoxy) is 2. The average molecular weight is 754 g/mol. The number of alkyl carbamates (subject to hydrolysis) is 1. The third kappa shape index (κ3) is 11.3. The van der Waals surface area contributed by atoms with Crippen molar-refractivity contribution in [3.63, 3.8) is 0 Å². The highest BCUT2D eigenvalue weighted by Gasteiger charge is 2.49. The number of aromatic amines is 1. The van der Waals surface area contributed by atoms with E-state index < -0.39 is 78.6 Å². The summed E-state index contributed by atoms with van der Waals surface area (Å²) in [6, 6.07) is -1.12. The summed E-state index contributed by atoms with van der Waals surface area (Å²) < 4.78 is 58.6. The Bertz CT molecular complexity index is 1680. The van der Waals surface area contributed by atoms with Crippen LogP contribution in [0.5, 0.6) is 0 Å². The number of amides is 2. The van der Waals surface area contributed by atoms with E-state index in [1.165, 1.54) is 4.57 Å². The summed E-state index contributed by atoms with van der Waals surface area (Å²) in [7, 11) is -17.1. The van der Waals surface area contributed by atoms with Gasteiger partial charge in [0.25, 0.3) is 0 Å². The number of hydrogen-bond acceptors (Lipinski definition) is 17. The van der Waals surface area contributed by atoms with Gasteiger partial charge in [-0.2, -0.15) is 8.62 Å². The number of carboxylic acids is 1. The summed E-state index contributed by atoms with van der Waals surface area (Å²) in [5.74, 6) is -1.98. The summed E-state index contributed by atoms with van der Waals surface area (Å²) >= 11 is 5.12. The lowest BCUT2D eigenvalue weighted by atomic mass is 10.1. The van der Waals surface area contributed by atoms with E-state index in [9.17, 15) is 43.0 Å². The van der Waals surface area contributed by atoms with Crippen LogP contribution in [0.4, 0.5) is 10.7 Å². The molecule has 3 rings (SSSR count). The van der Waals surface area contributed by atoms with Gasteiger partial charge in [0.1, 0.15) is 23.4 Å². The van der Waals surface area contributed by atoms with E-state index in [2.05, 4.69) is 38.7 Å². The molecule has 0 aliphatic carbocycles. The van der Waals surface area contributed by atoms with Gasteiger partial charge in [-0.1, -0.05) is 12.2 Å². The number of anilines is 1. The second kappa shape index (κ2) is 15.5. The number of phosphoric acid groups is 3. The van der Waals surface area contributed by atoms with Crippen LogP contribution in [-0.4, -0.2) is 111 Å². The predicted molar refractivity (Wildman–Crippen MR) is 153 cm³/mol. The molecule has 2 aromatic rings. The molecule has 0 bridgehead atoms. The van der Waals surface area contributed by atoms with Crippen LogP contribution >= 0.6 is 35.7 Å². The number of rotatable bonds is 16. The molecule has 29 heteroatoms. The van der Waals surface area contributed by atoms with Gasteiger partial charge in [-0.15, -0.1) is 0 Å². The first kappa shape index (κ1) is 38.5. The lowest BCUT2D eigenvalue weighted by Gasteiger charge is -2.22. The molecule has 25 nitrogen and oxygen atoms in total. The van der Waals surface area contributed by atoms with Gasteiger partial charge in [-0.3, -0.25) is 18.7 Å². The summed E-state index contributed by atoms with van der Waals surface area (Å²) in [6.07, 6.45) is -7.17. The van der Waals surface area contributed by atoms with Crippen LogP contribution in [0.25, 0.3) is 11.2 Å². The number of H-pyrrole nitrogens is 1. The number of nitrogens with zero attached hydrogens (tertiary/aromatic N) is 3. The van der Waals surface area contributed by atoms with Crippen LogP contribution < -0.4 is 22.1 Å². The molecule has 3 heterocycles. The third-order valence-corrected chi connectivity index (χ3v) is 9.90. The monoisotopic (exact) mass is 754 g/mol. The molecule has 2 amide bonds. The number of imidazole rings is 1. The van der Waals surface area contributed by atoms with Crippen LogP contribution in [0.1, 0.15) is 19.1 Å². The highest BCUT2D eigenvalue weighted by Crippen LogP contribution is 2.66. The van der Waals surface area contributed by atoms with Crippen molar-refractivity contribution in [2.45, 2.75) is 43.4 Å². The molecule has 3 unspecified atom stereocenters. The molecule has 13 N–H and O–H groups in total. The van der Waals surface area contributed by atoms with Crippen molar-refractivity contribution in [1.29, 1.82) is 0 Å². The minimum atomic E-state index is -5.85. The van der Waals surface area contributed by atoms with Crippen LogP contribution in [0.2, 0.25) is 0 Å². The quantitative estimate of drug-likeness (QED) is 0.0505. The molecule has 1 aliphatic heterocycles. The van der Waals surface area contributed by atoms with E-state index in [1.54, 1.807) is 0 Å². The van der Waals surface area contributed by atoms with Crippen molar-refractivity contribution >= 4 is 70.8 Å². The van der Waals surface area contributed by atoms with Gasteiger partial charge in [0, 0.05) is 19.5 Å². The number of aliphatic carboxylic acids is 1. The number of nitrogen functional groups attached to an aromatic ring is 1. The number of carbonyl (C=O) groups is 3. The fourth-order valence-corrected chi connectivity index (χ4v) is 7.16. The van der Waals surface area contributed by atoms with Gasteiger partial charge in [0.2, 0.25) is 5.91 Å². The number of aromatic nitrogens is 4. The Labute approximate surface area is 267 Å². The van der Waals surface area contributed by atoms with E-state index in [-0.39, 0.29) is 47.7 Å². The number of nitrogens with two attached hydrogens (primary N) is 2. The van der Waals surface area contributed by atoms with Crippen molar-refractivity contribution in [3.05, 3.63) is 11.0 Å². The molecule has 0 saturated carbocycles. The molecule has 1 saturated heterocycles. The van der Waals surface area contributed by atoms with E-state index in [0.29, 0.717) is 0 Å². The highest BCUT2D eigenvalue weighted by atomic mass is 32.1. The lowest BCUT2D eigenvalue weighted by molar-refractivity contribution is -0.137. The minimum Gasteiger partial charge on any atom is -0.481 e. The van der Waals surface area contributed by atoms with Crippen LogP contribution in [0.15, 0.2) is 6.33 Å². The number of phosphoric ester groups is 1. The summed E-state index contributed by atoms with van der Waals surface area (Å²) in [4.78, 5) is 82.3. The molecule has 7 atom stereocenters. The van der Waals surface area contributed by atoms with Crippen LogP contribution in [0, 0.1) is 4.64 Å². The molecule has 1 fully saturated rings. The van der Waals surface area contributed by atoms with Crippen molar-refractivity contribution < 1.29 is 80.5 Å². The fourth-order valence-electron chi connectivity index (χ4n) is 3.88. The molecular formula is C18H29N8O17P3S. The largest absolute Gasteiger partial charge is 0.490 e. The first-order valence-corrected chi connectivity index (χ1v) is 17.6. The first-order valence-electron chi connectivity index (χ1n) is 12.7. The molecule has 0 radical (unpaired) electrons. The number of carboxylic acid groups (broad SMARTS) is 1. The Kier molecular flexibility index (Phi) is 12.7.